The Bertz CT molecular complexity index is 401. The van der Waals surface area contributed by atoms with Crippen molar-refractivity contribution in [3.8, 4) is 0 Å². The lowest BCUT2D eigenvalue weighted by Crippen LogP contribution is -2.39. The Morgan fingerprint density at radius 1 is 1.06 bits per heavy atom. The molecule has 0 bridgehead atoms. The average molecular weight is 255 g/mol. The minimum absolute atomic E-state index is 0. The summed E-state index contributed by atoms with van der Waals surface area (Å²) in [5.74, 6) is -0.152. The summed E-state index contributed by atoms with van der Waals surface area (Å²) < 4.78 is 0. The van der Waals surface area contributed by atoms with Gasteiger partial charge in [0.2, 0.25) is 11.8 Å². The highest BCUT2D eigenvalue weighted by atomic mass is 35.5. The van der Waals surface area contributed by atoms with Gasteiger partial charge in [-0.2, -0.15) is 0 Å². The minimum atomic E-state index is -0.0759. The molecule has 1 aromatic rings. The molecule has 5 heteroatoms. The molecular weight excluding hydrogens is 240 g/mol. The zero-order chi connectivity index (χ0) is 11.5. The maximum Gasteiger partial charge on any atom is 0.229 e. The van der Waals surface area contributed by atoms with E-state index >= 15 is 0 Å². The Kier molecular flexibility index (Phi) is 4.52. The van der Waals surface area contributed by atoms with Gasteiger partial charge >= 0.3 is 0 Å². The van der Waals surface area contributed by atoms with Crippen LogP contribution >= 0.6 is 12.4 Å². The molecule has 1 heterocycles. The molecule has 0 unspecified atom stereocenters. The van der Waals surface area contributed by atoms with Gasteiger partial charge in [-0.05, 0) is 24.1 Å². The first-order valence-corrected chi connectivity index (χ1v) is 5.34. The lowest BCUT2D eigenvalue weighted by molar-refractivity contribution is -0.148. The SMILES string of the molecule is Cl.Nc1ccc(CN2C(=O)CCCC2=O)cc1. The van der Waals surface area contributed by atoms with Gasteiger partial charge in [0, 0.05) is 18.5 Å². The van der Waals surface area contributed by atoms with Crippen molar-refractivity contribution in [2.45, 2.75) is 25.8 Å². The number of nitrogen functional groups attached to an aromatic ring is 1. The zero-order valence-corrected chi connectivity index (χ0v) is 10.2. The highest BCUT2D eigenvalue weighted by Gasteiger charge is 2.25. The van der Waals surface area contributed by atoms with E-state index in [0.717, 1.165) is 5.56 Å². The van der Waals surface area contributed by atoms with Gasteiger partial charge < -0.3 is 5.73 Å². The molecule has 2 amide bonds. The molecule has 1 fully saturated rings. The Balaban J connectivity index is 0.00000144. The van der Waals surface area contributed by atoms with E-state index in [1.807, 2.05) is 12.1 Å². The van der Waals surface area contributed by atoms with Crippen LogP contribution in [0.2, 0.25) is 0 Å². The summed E-state index contributed by atoms with van der Waals surface area (Å²) in [4.78, 5) is 24.4. The van der Waals surface area contributed by atoms with Crippen molar-refractivity contribution in [2.75, 3.05) is 5.73 Å². The van der Waals surface area contributed by atoms with Crippen LogP contribution in [0.1, 0.15) is 24.8 Å². The zero-order valence-electron chi connectivity index (χ0n) is 9.39. The van der Waals surface area contributed by atoms with Crippen molar-refractivity contribution >= 4 is 29.9 Å². The molecule has 0 spiro atoms. The molecule has 1 aromatic carbocycles. The van der Waals surface area contributed by atoms with Crippen LogP contribution in [0.5, 0.6) is 0 Å². The molecule has 0 aliphatic carbocycles. The lowest BCUT2D eigenvalue weighted by atomic mass is 10.1. The number of imide groups is 1. The highest BCUT2D eigenvalue weighted by Crippen LogP contribution is 2.16. The van der Waals surface area contributed by atoms with Crippen LogP contribution < -0.4 is 5.73 Å². The van der Waals surface area contributed by atoms with E-state index in [1.165, 1.54) is 4.90 Å². The number of piperidine rings is 1. The van der Waals surface area contributed by atoms with Crippen molar-refractivity contribution < 1.29 is 9.59 Å². The summed E-state index contributed by atoms with van der Waals surface area (Å²) in [6.45, 7) is 0.359. The second-order valence-corrected chi connectivity index (χ2v) is 3.97. The van der Waals surface area contributed by atoms with Gasteiger partial charge in [-0.25, -0.2) is 0 Å². The van der Waals surface area contributed by atoms with Crippen LogP contribution in [0.4, 0.5) is 5.69 Å². The van der Waals surface area contributed by atoms with Gasteiger partial charge in [0.05, 0.1) is 6.54 Å². The molecular formula is C12H15ClN2O2. The van der Waals surface area contributed by atoms with Crippen molar-refractivity contribution in [3.05, 3.63) is 29.8 Å². The molecule has 1 aliphatic heterocycles. The molecule has 17 heavy (non-hydrogen) atoms. The van der Waals surface area contributed by atoms with E-state index in [0.29, 0.717) is 31.5 Å². The predicted molar refractivity (Wildman–Crippen MR) is 67.5 cm³/mol. The summed E-state index contributed by atoms with van der Waals surface area (Å²) in [5, 5.41) is 0. The second kappa shape index (κ2) is 5.68. The number of anilines is 1. The van der Waals surface area contributed by atoms with Gasteiger partial charge in [-0.3, -0.25) is 14.5 Å². The molecule has 92 valence electrons. The third kappa shape index (κ3) is 3.20. The average Bonchev–Trinajstić information content (AvgIpc) is 2.26. The number of nitrogens with two attached hydrogens (primary N) is 1. The van der Waals surface area contributed by atoms with Gasteiger partial charge in [0.1, 0.15) is 0 Å². The quantitative estimate of drug-likeness (QED) is 0.646. The first-order chi connectivity index (χ1) is 7.66. The van der Waals surface area contributed by atoms with Crippen molar-refractivity contribution in [2.24, 2.45) is 0 Å². The van der Waals surface area contributed by atoms with Gasteiger partial charge in [0.15, 0.2) is 0 Å². The number of hydrogen-bond acceptors (Lipinski definition) is 3. The number of rotatable bonds is 2. The van der Waals surface area contributed by atoms with E-state index in [1.54, 1.807) is 12.1 Å². The lowest BCUT2D eigenvalue weighted by Gasteiger charge is -2.24. The fraction of sp³-hybridized carbons (Fsp3) is 0.333. The Morgan fingerprint density at radius 3 is 2.12 bits per heavy atom. The van der Waals surface area contributed by atoms with Crippen molar-refractivity contribution in [3.63, 3.8) is 0 Å². The van der Waals surface area contributed by atoms with E-state index in [9.17, 15) is 9.59 Å². The standard InChI is InChI=1S/C12H14N2O2.ClH/c13-10-6-4-9(5-7-10)8-14-11(15)2-1-3-12(14)16;/h4-7H,1-3,8,13H2;1H. The summed E-state index contributed by atoms with van der Waals surface area (Å²) >= 11 is 0. The van der Waals surface area contributed by atoms with Crippen LogP contribution in [0.25, 0.3) is 0 Å². The summed E-state index contributed by atoms with van der Waals surface area (Å²) in [5.41, 5.74) is 7.18. The molecule has 0 atom stereocenters. The first kappa shape index (κ1) is 13.5. The van der Waals surface area contributed by atoms with E-state index in [2.05, 4.69) is 0 Å². The topological polar surface area (TPSA) is 63.4 Å². The largest absolute Gasteiger partial charge is 0.399 e. The van der Waals surface area contributed by atoms with Gasteiger partial charge in [0.25, 0.3) is 0 Å². The smallest absolute Gasteiger partial charge is 0.229 e. The van der Waals surface area contributed by atoms with Crippen LogP contribution in [0.3, 0.4) is 0 Å². The maximum atomic E-state index is 11.6. The van der Waals surface area contributed by atoms with E-state index in [4.69, 9.17) is 5.73 Å². The van der Waals surface area contributed by atoms with Gasteiger partial charge in [-0.15, -0.1) is 12.4 Å². The van der Waals surface area contributed by atoms with Gasteiger partial charge in [-0.1, -0.05) is 12.1 Å². The molecule has 0 saturated carbocycles. The van der Waals surface area contributed by atoms with Crippen LogP contribution in [0, 0.1) is 0 Å². The summed E-state index contributed by atoms with van der Waals surface area (Å²) in [7, 11) is 0. The monoisotopic (exact) mass is 254 g/mol. The number of likely N-dealkylation sites (tertiary alicyclic amines) is 1. The fourth-order valence-electron chi connectivity index (χ4n) is 1.78. The van der Waals surface area contributed by atoms with Crippen molar-refractivity contribution in [1.82, 2.24) is 4.90 Å². The molecule has 0 radical (unpaired) electrons. The highest BCUT2D eigenvalue weighted by molar-refractivity contribution is 5.97. The summed E-state index contributed by atoms with van der Waals surface area (Å²) in [6, 6.07) is 7.22. The predicted octanol–water partition coefficient (Wildman–Crippen LogP) is 1.73. The summed E-state index contributed by atoms with van der Waals surface area (Å²) in [6.07, 6.45) is 1.62. The Labute approximate surface area is 106 Å². The number of amides is 2. The Morgan fingerprint density at radius 2 is 1.59 bits per heavy atom. The second-order valence-electron chi connectivity index (χ2n) is 3.97. The number of halogens is 1. The van der Waals surface area contributed by atoms with Crippen LogP contribution in [0.15, 0.2) is 24.3 Å². The fourth-order valence-corrected chi connectivity index (χ4v) is 1.78. The number of carbonyl (C=O) groups excluding carboxylic acids is 2. The molecule has 0 aromatic heterocycles. The third-order valence-corrected chi connectivity index (χ3v) is 2.70. The van der Waals surface area contributed by atoms with Crippen molar-refractivity contribution in [1.29, 1.82) is 0 Å². The molecule has 1 saturated heterocycles. The van der Waals surface area contributed by atoms with Crippen LogP contribution in [-0.2, 0) is 16.1 Å². The molecule has 4 nitrogen and oxygen atoms in total. The van der Waals surface area contributed by atoms with E-state index < -0.39 is 0 Å². The molecule has 2 rings (SSSR count). The first-order valence-electron chi connectivity index (χ1n) is 5.34. The number of nitrogens with zero attached hydrogens (tertiary/aromatic N) is 1. The minimum Gasteiger partial charge on any atom is -0.399 e. The Hall–Kier alpha value is -1.55. The number of benzene rings is 1. The maximum absolute atomic E-state index is 11.6. The number of carbonyl (C=O) groups is 2. The molecule has 1 aliphatic rings. The van der Waals surface area contributed by atoms with E-state index in [-0.39, 0.29) is 24.2 Å². The third-order valence-electron chi connectivity index (χ3n) is 2.70. The normalized spacial score (nSPS) is 15.6. The molecule has 2 N–H and O–H groups in total. The van der Waals surface area contributed by atoms with Crippen LogP contribution in [-0.4, -0.2) is 16.7 Å². The number of hydrogen-bond donors (Lipinski definition) is 1.